The molecule has 1 aromatic heterocycles. The molecule has 0 atom stereocenters. The third kappa shape index (κ3) is 2.30. The first kappa shape index (κ1) is 11.3. The van der Waals surface area contributed by atoms with Crippen LogP contribution >= 0.6 is 11.3 Å². The predicted molar refractivity (Wildman–Crippen MR) is 68.7 cm³/mol. The summed E-state index contributed by atoms with van der Waals surface area (Å²) in [4.78, 5) is 0. The van der Waals surface area contributed by atoms with E-state index in [1.54, 1.807) is 11.3 Å². The highest BCUT2D eigenvalue weighted by molar-refractivity contribution is 7.14. The fourth-order valence-electron chi connectivity index (χ4n) is 1.73. The van der Waals surface area contributed by atoms with Gasteiger partial charge in [-0.3, -0.25) is 0 Å². The van der Waals surface area contributed by atoms with Gasteiger partial charge < -0.3 is 0 Å². The molecule has 0 aliphatic carbocycles. The zero-order valence-corrected chi connectivity index (χ0v) is 10.5. The average molecular weight is 232 g/mol. The van der Waals surface area contributed by atoms with E-state index in [4.69, 9.17) is 0 Å². The maximum Gasteiger partial charge on any atom is 0.147 e. The summed E-state index contributed by atoms with van der Waals surface area (Å²) < 4.78 is 0. The van der Waals surface area contributed by atoms with Crippen LogP contribution in [0, 0.1) is 0 Å². The minimum Gasteiger partial charge on any atom is -0.143 e. The van der Waals surface area contributed by atoms with Crippen LogP contribution in [0.1, 0.15) is 37.6 Å². The summed E-state index contributed by atoms with van der Waals surface area (Å²) in [5.74, 6) is 0.565. The first-order valence-corrected chi connectivity index (χ1v) is 6.55. The molecule has 0 fully saturated rings. The van der Waals surface area contributed by atoms with Crippen molar-refractivity contribution in [2.45, 2.75) is 32.6 Å². The summed E-state index contributed by atoms with van der Waals surface area (Å²) in [6, 6.07) is 10.3. The molecule has 16 heavy (non-hydrogen) atoms. The highest BCUT2D eigenvalue weighted by Crippen LogP contribution is 2.30. The molecule has 3 heteroatoms. The Balaban J connectivity index is 2.26. The van der Waals surface area contributed by atoms with E-state index in [-0.39, 0.29) is 0 Å². The highest BCUT2D eigenvalue weighted by atomic mass is 32.1. The van der Waals surface area contributed by atoms with Crippen molar-refractivity contribution in [1.82, 2.24) is 10.2 Å². The van der Waals surface area contributed by atoms with Crippen LogP contribution in [-0.2, 0) is 0 Å². The second-order valence-electron chi connectivity index (χ2n) is 3.82. The molecular weight excluding hydrogens is 216 g/mol. The summed E-state index contributed by atoms with van der Waals surface area (Å²) in [5.41, 5.74) is 1.16. The number of benzene rings is 1. The largest absolute Gasteiger partial charge is 0.147 e. The monoisotopic (exact) mass is 232 g/mol. The molecule has 0 amide bonds. The van der Waals surface area contributed by atoms with Crippen LogP contribution in [-0.4, -0.2) is 10.2 Å². The Morgan fingerprint density at radius 1 is 1.06 bits per heavy atom. The molecule has 2 nitrogen and oxygen atoms in total. The van der Waals surface area contributed by atoms with Crippen molar-refractivity contribution in [3.63, 3.8) is 0 Å². The molecule has 0 unspecified atom stereocenters. The Morgan fingerprint density at radius 2 is 1.75 bits per heavy atom. The quantitative estimate of drug-likeness (QED) is 0.792. The van der Waals surface area contributed by atoms with Gasteiger partial charge in [0.05, 0.1) is 0 Å². The van der Waals surface area contributed by atoms with E-state index in [0.29, 0.717) is 5.92 Å². The molecule has 0 spiro atoms. The van der Waals surface area contributed by atoms with Crippen molar-refractivity contribution in [1.29, 1.82) is 0 Å². The first-order valence-electron chi connectivity index (χ1n) is 5.74. The number of nitrogens with zero attached hydrogens (tertiary/aromatic N) is 2. The molecule has 1 aromatic carbocycles. The zero-order valence-electron chi connectivity index (χ0n) is 9.68. The van der Waals surface area contributed by atoms with Gasteiger partial charge in [0.15, 0.2) is 0 Å². The summed E-state index contributed by atoms with van der Waals surface area (Å²) in [7, 11) is 0. The van der Waals surface area contributed by atoms with Crippen molar-refractivity contribution in [2.75, 3.05) is 0 Å². The maximum absolute atomic E-state index is 4.30. The van der Waals surface area contributed by atoms with E-state index < -0.39 is 0 Å². The molecule has 0 aliphatic rings. The predicted octanol–water partition coefficient (Wildman–Crippen LogP) is 4.11. The third-order valence-corrected chi connectivity index (χ3v) is 3.93. The van der Waals surface area contributed by atoms with Crippen LogP contribution in [0.4, 0.5) is 0 Å². The average Bonchev–Trinajstić information content (AvgIpc) is 2.81. The van der Waals surface area contributed by atoms with E-state index in [9.17, 15) is 0 Å². The van der Waals surface area contributed by atoms with Crippen molar-refractivity contribution >= 4 is 11.3 Å². The molecule has 0 saturated heterocycles. The van der Waals surface area contributed by atoms with E-state index in [2.05, 4.69) is 36.2 Å². The fourth-order valence-corrected chi connectivity index (χ4v) is 2.85. The van der Waals surface area contributed by atoms with Crippen LogP contribution in [0.5, 0.6) is 0 Å². The fraction of sp³-hybridized carbons (Fsp3) is 0.385. The molecule has 0 saturated carbocycles. The third-order valence-electron chi connectivity index (χ3n) is 2.80. The lowest BCUT2D eigenvalue weighted by Gasteiger charge is -2.05. The van der Waals surface area contributed by atoms with Gasteiger partial charge in [-0.1, -0.05) is 55.5 Å². The Morgan fingerprint density at radius 3 is 2.38 bits per heavy atom. The molecular formula is C13H16N2S. The number of hydrogen-bond donors (Lipinski definition) is 0. The standard InChI is InChI=1S/C13H16N2S/c1-3-10(4-2)12-14-15-13(16-12)11-8-6-5-7-9-11/h5-10H,3-4H2,1-2H3. The summed E-state index contributed by atoms with van der Waals surface area (Å²) in [6.07, 6.45) is 2.28. The maximum atomic E-state index is 4.30. The van der Waals surface area contributed by atoms with Crippen molar-refractivity contribution < 1.29 is 0 Å². The molecule has 0 N–H and O–H groups in total. The van der Waals surface area contributed by atoms with Gasteiger partial charge in [0.25, 0.3) is 0 Å². The lowest BCUT2D eigenvalue weighted by molar-refractivity contribution is 0.630. The Labute approximate surface area is 100 Å². The summed E-state index contributed by atoms with van der Waals surface area (Å²) in [6.45, 7) is 4.41. The number of hydrogen-bond acceptors (Lipinski definition) is 3. The van der Waals surface area contributed by atoms with Gasteiger partial charge in [-0.2, -0.15) is 0 Å². The minimum atomic E-state index is 0.565. The first-order chi connectivity index (χ1) is 7.85. The van der Waals surface area contributed by atoms with Crippen molar-refractivity contribution in [3.05, 3.63) is 35.3 Å². The van der Waals surface area contributed by atoms with Gasteiger partial charge in [-0.25, -0.2) is 0 Å². The Bertz CT molecular complexity index is 432. The van der Waals surface area contributed by atoms with Gasteiger partial charge in [-0.05, 0) is 12.8 Å². The van der Waals surface area contributed by atoms with Crippen LogP contribution in [0.15, 0.2) is 30.3 Å². The second kappa shape index (κ2) is 5.21. The van der Waals surface area contributed by atoms with Crippen LogP contribution in [0.25, 0.3) is 10.6 Å². The van der Waals surface area contributed by atoms with Crippen LogP contribution in [0.2, 0.25) is 0 Å². The van der Waals surface area contributed by atoms with Gasteiger partial charge in [0.2, 0.25) is 0 Å². The normalized spacial score (nSPS) is 10.9. The summed E-state index contributed by atoms with van der Waals surface area (Å²) >= 11 is 1.72. The molecule has 2 aromatic rings. The molecule has 84 valence electrons. The Hall–Kier alpha value is -1.22. The van der Waals surface area contributed by atoms with Gasteiger partial charge in [-0.15, -0.1) is 10.2 Å². The molecule has 1 heterocycles. The van der Waals surface area contributed by atoms with E-state index in [0.717, 1.165) is 23.4 Å². The SMILES string of the molecule is CCC(CC)c1nnc(-c2ccccc2)s1. The molecule has 0 bridgehead atoms. The van der Waals surface area contributed by atoms with Crippen molar-refractivity contribution in [3.8, 4) is 10.6 Å². The topological polar surface area (TPSA) is 25.8 Å². The number of rotatable bonds is 4. The van der Waals surface area contributed by atoms with E-state index in [1.807, 2.05) is 18.2 Å². The van der Waals surface area contributed by atoms with Gasteiger partial charge in [0.1, 0.15) is 10.0 Å². The van der Waals surface area contributed by atoms with Crippen molar-refractivity contribution in [2.24, 2.45) is 0 Å². The molecule has 0 aliphatic heterocycles. The molecule has 2 rings (SSSR count). The second-order valence-corrected chi connectivity index (χ2v) is 4.83. The summed E-state index contributed by atoms with van der Waals surface area (Å²) in [5, 5.41) is 10.8. The number of aromatic nitrogens is 2. The van der Waals surface area contributed by atoms with Crippen LogP contribution < -0.4 is 0 Å². The van der Waals surface area contributed by atoms with E-state index in [1.165, 1.54) is 5.01 Å². The Kier molecular flexibility index (Phi) is 3.67. The van der Waals surface area contributed by atoms with Gasteiger partial charge >= 0.3 is 0 Å². The highest BCUT2D eigenvalue weighted by Gasteiger charge is 2.13. The molecule has 0 radical (unpaired) electrons. The lowest BCUT2D eigenvalue weighted by Crippen LogP contribution is -1.93. The van der Waals surface area contributed by atoms with E-state index >= 15 is 0 Å². The van der Waals surface area contributed by atoms with Crippen LogP contribution in [0.3, 0.4) is 0 Å². The zero-order chi connectivity index (χ0) is 11.4. The lowest BCUT2D eigenvalue weighted by atomic mass is 10.1. The van der Waals surface area contributed by atoms with Gasteiger partial charge in [0, 0.05) is 11.5 Å². The smallest absolute Gasteiger partial charge is 0.143 e. The minimum absolute atomic E-state index is 0.565.